The molecule has 1 nitrogen and oxygen atoms in total. The first kappa shape index (κ1) is 16.1. The molecule has 0 aliphatic carbocycles. The van der Waals surface area contributed by atoms with Gasteiger partial charge in [-0.05, 0) is 70.0 Å². The van der Waals surface area contributed by atoms with Gasteiger partial charge < -0.3 is 5.32 Å². The van der Waals surface area contributed by atoms with E-state index >= 15 is 0 Å². The lowest BCUT2D eigenvalue weighted by Crippen LogP contribution is -2.23. The number of benzene rings is 1. The molecular weight excluding hydrogens is 405 g/mol. The lowest BCUT2D eigenvalue weighted by molar-refractivity contribution is 0.529. The summed E-state index contributed by atoms with van der Waals surface area (Å²) in [5, 5.41) is 5.72. The molecule has 2 rings (SSSR count). The van der Waals surface area contributed by atoms with Crippen LogP contribution in [0.1, 0.15) is 30.5 Å². The summed E-state index contributed by atoms with van der Waals surface area (Å²) in [4.78, 5) is 0. The fraction of sp³-hybridized carbons (Fsp3) is 0.333. The maximum Gasteiger partial charge on any atom is 0.124 e. The Kier molecular flexibility index (Phi) is 6.20. The van der Waals surface area contributed by atoms with E-state index in [0.29, 0.717) is 0 Å². The van der Waals surface area contributed by atoms with E-state index in [2.05, 4.69) is 55.5 Å². The topological polar surface area (TPSA) is 12.0 Å². The van der Waals surface area contributed by atoms with E-state index < -0.39 is 0 Å². The smallest absolute Gasteiger partial charge is 0.124 e. The predicted molar refractivity (Wildman–Crippen MR) is 90.9 cm³/mol. The van der Waals surface area contributed by atoms with Gasteiger partial charge in [-0.3, -0.25) is 0 Å². The predicted octanol–water partition coefficient (Wildman–Crippen LogP) is 5.70. The molecule has 1 heterocycles. The van der Waals surface area contributed by atoms with Gasteiger partial charge in [0.25, 0.3) is 0 Å². The Balaban J connectivity index is 2.18. The highest BCUT2D eigenvalue weighted by atomic mass is 79.9. The zero-order valence-electron chi connectivity index (χ0n) is 11.1. The van der Waals surface area contributed by atoms with Crippen molar-refractivity contribution in [3.63, 3.8) is 0 Å². The third-order valence-electron chi connectivity index (χ3n) is 3.07. The zero-order chi connectivity index (χ0) is 14.5. The molecule has 1 unspecified atom stereocenters. The summed E-state index contributed by atoms with van der Waals surface area (Å²) in [6, 6.07) is 7.28. The van der Waals surface area contributed by atoms with E-state index in [0.717, 1.165) is 33.2 Å². The molecule has 0 saturated carbocycles. The molecule has 1 aromatic carbocycles. The van der Waals surface area contributed by atoms with E-state index in [4.69, 9.17) is 0 Å². The van der Waals surface area contributed by atoms with Gasteiger partial charge in [0.15, 0.2) is 0 Å². The number of rotatable bonds is 6. The normalized spacial score (nSPS) is 12.6. The fourth-order valence-electron chi connectivity index (χ4n) is 2.04. The van der Waals surface area contributed by atoms with Crippen LogP contribution in [0.4, 0.5) is 4.39 Å². The van der Waals surface area contributed by atoms with E-state index in [1.165, 1.54) is 17.7 Å². The van der Waals surface area contributed by atoms with Gasteiger partial charge in [-0.2, -0.15) is 0 Å². The summed E-state index contributed by atoms with van der Waals surface area (Å²) in [5.41, 5.74) is 2.38. The second kappa shape index (κ2) is 7.69. The van der Waals surface area contributed by atoms with Gasteiger partial charge in [0, 0.05) is 10.5 Å². The first-order valence-corrected chi connectivity index (χ1v) is 8.98. The third kappa shape index (κ3) is 4.38. The highest BCUT2D eigenvalue weighted by Crippen LogP contribution is 2.29. The molecule has 0 fully saturated rings. The molecule has 108 valence electrons. The summed E-state index contributed by atoms with van der Waals surface area (Å²) in [5.74, 6) is -0.211. The maximum absolute atomic E-state index is 13.2. The Bertz CT molecular complexity index is 571. The highest BCUT2D eigenvalue weighted by molar-refractivity contribution is 9.11. The Labute approximate surface area is 139 Å². The highest BCUT2D eigenvalue weighted by Gasteiger charge is 2.15. The molecule has 5 heteroatoms. The van der Waals surface area contributed by atoms with E-state index in [9.17, 15) is 4.39 Å². The molecule has 0 aliphatic rings. The molecule has 1 N–H and O–H groups in total. The van der Waals surface area contributed by atoms with Crippen LogP contribution in [0.5, 0.6) is 0 Å². The lowest BCUT2D eigenvalue weighted by Gasteiger charge is -2.18. The van der Waals surface area contributed by atoms with Gasteiger partial charge in [-0.25, -0.2) is 4.39 Å². The minimum atomic E-state index is -0.211. The van der Waals surface area contributed by atoms with Crippen molar-refractivity contribution in [1.29, 1.82) is 0 Å². The molecule has 0 radical (unpaired) electrons. The second-order valence-corrected chi connectivity index (χ2v) is 7.78. The van der Waals surface area contributed by atoms with Crippen molar-refractivity contribution in [2.24, 2.45) is 0 Å². The number of nitrogens with one attached hydrogen (secondary N) is 1. The quantitative estimate of drug-likeness (QED) is 0.632. The number of hydrogen-bond donors (Lipinski definition) is 1. The van der Waals surface area contributed by atoms with Crippen LogP contribution in [0.3, 0.4) is 0 Å². The lowest BCUT2D eigenvalue weighted by atomic mass is 10.0. The van der Waals surface area contributed by atoms with Crippen LogP contribution in [0.15, 0.2) is 37.9 Å². The van der Waals surface area contributed by atoms with Crippen LogP contribution in [0.25, 0.3) is 0 Å². The molecule has 1 aromatic heterocycles. The van der Waals surface area contributed by atoms with Gasteiger partial charge in [-0.1, -0.05) is 28.9 Å². The van der Waals surface area contributed by atoms with Crippen molar-refractivity contribution in [2.45, 2.75) is 25.8 Å². The molecule has 0 spiro atoms. The SMILES string of the molecule is CCCNC(Cc1ccc(F)cc1Br)c1csc(Br)c1. The molecule has 2 aromatic rings. The van der Waals surface area contributed by atoms with Crippen LogP contribution in [-0.2, 0) is 6.42 Å². The fourth-order valence-corrected chi connectivity index (χ4v) is 3.78. The summed E-state index contributed by atoms with van der Waals surface area (Å²) in [7, 11) is 0. The van der Waals surface area contributed by atoms with Gasteiger partial charge in [0.1, 0.15) is 5.82 Å². The van der Waals surface area contributed by atoms with Gasteiger partial charge in [-0.15, -0.1) is 11.3 Å². The Morgan fingerprint density at radius 1 is 1.30 bits per heavy atom. The minimum absolute atomic E-state index is 0.211. The summed E-state index contributed by atoms with van der Waals surface area (Å²) < 4.78 is 15.1. The Hall–Kier alpha value is -0.230. The molecule has 0 aliphatic heterocycles. The standard InChI is InChI=1S/C15H16Br2FNS/c1-2-5-19-14(11-7-15(17)20-9-11)6-10-3-4-12(18)8-13(10)16/h3-4,7-9,14,19H,2,5-6H2,1H3. The molecule has 0 bridgehead atoms. The molecule has 0 amide bonds. The molecule has 0 saturated heterocycles. The zero-order valence-corrected chi connectivity index (χ0v) is 15.1. The average Bonchev–Trinajstić information content (AvgIpc) is 2.83. The number of hydrogen-bond acceptors (Lipinski definition) is 2. The van der Waals surface area contributed by atoms with Gasteiger partial charge >= 0.3 is 0 Å². The van der Waals surface area contributed by atoms with Crippen molar-refractivity contribution < 1.29 is 4.39 Å². The van der Waals surface area contributed by atoms with Crippen molar-refractivity contribution >= 4 is 43.2 Å². The first-order valence-electron chi connectivity index (χ1n) is 6.51. The summed E-state index contributed by atoms with van der Waals surface area (Å²) in [6.07, 6.45) is 1.93. The van der Waals surface area contributed by atoms with Crippen LogP contribution in [-0.4, -0.2) is 6.54 Å². The van der Waals surface area contributed by atoms with Crippen LogP contribution < -0.4 is 5.32 Å². The van der Waals surface area contributed by atoms with Crippen molar-refractivity contribution in [2.75, 3.05) is 6.54 Å². The Morgan fingerprint density at radius 3 is 2.70 bits per heavy atom. The number of thiophene rings is 1. The molecule has 20 heavy (non-hydrogen) atoms. The maximum atomic E-state index is 13.2. The van der Waals surface area contributed by atoms with Crippen LogP contribution in [0, 0.1) is 5.82 Å². The second-order valence-electron chi connectivity index (χ2n) is 4.63. The number of halogens is 3. The summed E-state index contributed by atoms with van der Waals surface area (Å²) in [6.45, 7) is 3.12. The van der Waals surface area contributed by atoms with E-state index in [1.807, 2.05) is 6.07 Å². The van der Waals surface area contributed by atoms with Crippen molar-refractivity contribution in [3.05, 3.63) is 54.8 Å². The van der Waals surface area contributed by atoms with Gasteiger partial charge in [0.05, 0.1) is 3.79 Å². The average molecular weight is 421 g/mol. The minimum Gasteiger partial charge on any atom is -0.310 e. The van der Waals surface area contributed by atoms with Crippen LogP contribution in [0.2, 0.25) is 0 Å². The van der Waals surface area contributed by atoms with Crippen LogP contribution >= 0.6 is 43.2 Å². The van der Waals surface area contributed by atoms with Gasteiger partial charge in [0.2, 0.25) is 0 Å². The van der Waals surface area contributed by atoms with Crippen molar-refractivity contribution in [1.82, 2.24) is 5.32 Å². The van der Waals surface area contributed by atoms with Crippen molar-refractivity contribution in [3.8, 4) is 0 Å². The molecular formula is C15H16Br2FNS. The summed E-state index contributed by atoms with van der Waals surface area (Å²) >= 11 is 8.65. The third-order valence-corrected chi connectivity index (χ3v) is 5.33. The Morgan fingerprint density at radius 2 is 2.10 bits per heavy atom. The largest absolute Gasteiger partial charge is 0.310 e. The van der Waals surface area contributed by atoms with E-state index in [1.54, 1.807) is 11.3 Å². The van der Waals surface area contributed by atoms with E-state index in [-0.39, 0.29) is 11.9 Å². The first-order chi connectivity index (χ1) is 9.60. The monoisotopic (exact) mass is 419 g/mol. The molecule has 1 atom stereocenters.